The monoisotopic (exact) mass is 317 g/mol. The molecule has 0 saturated heterocycles. The van der Waals surface area contributed by atoms with Crippen molar-refractivity contribution >= 4 is 29.1 Å². The number of carbonyl (C=O) groups excluding carboxylic acids is 1. The van der Waals surface area contributed by atoms with Crippen molar-refractivity contribution in [1.82, 2.24) is 15.2 Å². The van der Waals surface area contributed by atoms with Gasteiger partial charge >= 0.3 is 0 Å². The van der Waals surface area contributed by atoms with Gasteiger partial charge in [-0.25, -0.2) is 4.98 Å². The number of pyridine rings is 1. The summed E-state index contributed by atoms with van der Waals surface area (Å²) in [5.74, 6) is 0.387. The summed E-state index contributed by atoms with van der Waals surface area (Å²) >= 11 is 11.6. The molecular weight excluding hydrogens is 297 g/mol. The van der Waals surface area contributed by atoms with Crippen molar-refractivity contribution in [3.8, 4) is 0 Å². The Morgan fingerprint density at radius 3 is 2.55 bits per heavy atom. The molecule has 1 atom stereocenters. The fraction of sp³-hybridized carbons (Fsp3) is 0.571. The summed E-state index contributed by atoms with van der Waals surface area (Å²) in [7, 11) is 4.03. The van der Waals surface area contributed by atoms with E-state index in [4.69, 9.17) is 23.2 Å². The van der Waals surface area contributed by atoms with E-state index in [0.717, 1.165) is 6.42 Å². The molecule has 112 valence electrons. The minimum atomic E-state index is -0.188. The van der Waals surface area contributed by atoms with Gasteiger partial charge in [-0.3, -0.25) is 4.79 Å². The summed E-state index contributed by atoms with van der Waals surface area (Å²) in [6, 6.07) is 1.83. The third-order valence-electron chi connectivity index (χ3n) is 3.03. The third kappa shape index (κ3) is 5.27. The highest BCUT2D eigenvalue weighted by Crippen LogP contribution is 2.19. The highest BCUT2D eigenvalue weighted by Gasteiger charge is 2.15. The molecule has 1 amide bonds. The van der Waals surface area contributed by atoms with Gasteiger partial charge in [-0.15, -0.1) is 0 Å². The second kappa shape index (κ2) is 7.81. The van der Waals surface area contributed by atoms with E-state index in [1.807, 2.05) is 14.1 Å². The highest BCUT2D eigenvalue weighted by molar-refractivity contribution is 6.41. The number of hydrogen-bond donors (Lipinski definition) is 1. The summed E-state index contributed by atoms with van der Waals surface area (Å²) in [5, 5.41) is 3.40. The van der Waals surface area contributed by atoms with Crippen molar-refractivity contribution in [1.29, 1.82) is 0 Å². The molecule has 20 heavy (non-hydrogen) atoms. The number of likely N-dealkylation sites (N-methyl/N-ethyl adjacent to an activating group) is 1. The maximum absolute atomic E-state index is 12.0. The van der Waals surface area contributed by atoms with Crippen LogP contribution in [0.15, 0.2) is 12.3 Å². The zero-order chi connectivity index (χ0) is 15.3. The van der Waals surface area contributed by atoms with Crippen molar-refractivity contribution in [3.05, 3.63) is 28.0 Å². The van der Waals surface area contributed by atoms with E-state index in [1.54, 1.807) is 0 Å². The molecule has 0 aliphatic heterocycles. The third-order valence-corrected chi connectivity index (χ3v) is 3.72. The van der Waals surface area contributed by atoms with Crippen LogP contribution in [0.4, 0.5) is 0 Å². The number of amides is 1. The van der Waals surface area contributed by atoms with Crippen LogP contribution in [0.2, 0.25) is 10.2 Å². The maximum atomic E-state index is 12.0. The zero-order valence-corrected chi connectivity index (χ0v) is 13.8. The Labute approximate surface area is 130 Å². The number of rotatable bonds is 6. The van der Waals surface area contributed by atoms with Crippen LogP contribution in [0, 0.1) is 5.92 Å². The molecular formula is C14H21Cl2N3O. The molecule has 1 N–H and O–H groups in total. The lowest BCUT2D eigenvalue weighted by atomic mass is 10.0. The quantitative estimate of drug-likeness (QED) is 0.820. The van der Waals surface area contributed by atoms with Gasteiger partial charge in [0, 0.05) is 18.8 Å². The van der Waals surface area contributed by atoms with E-state index in [0.29, 0.717) is 24.1 Å². The maximum Gasteiger partial charge on any atom is 0.252 e. The Morgan fingerprint density at radius 1 is 1.40 bits per heavy atom. The minimum absolute atomic E-state index is 0.188. The first-order valence-electron chi connectivity index (χ1n) is 6.57. The second-order valence-corrected chi connectivity index (χ2v) is 6.22. The fourth-order valence-electron chi connectivity index (χ4n) is 1.88. The van der Waals surface area contributed by atoms with Crippen molar-refractivity contribution in [2.24, 2.45) is 5.92 Å². The van der Waals surface area contributed by atoms with E-state index in [1.165, 1.54) is 12.3 Å². The second-order valence-electron chi connectivity index (χ2n) is 5.45. The molecule has 0 spiro atoms. The number of nitrogens with zero attached hydrogens (tertiary/aromatic N) is 2. The Morgan fingerprint density at radius 2 is 2.05 bits per heavy atom. The number of carbonyl (C=O) groups is 1. The van der Waals surface area contributed by atoms with E-state index in [-0.39, 0.29) is 16.1 Å². The van der Waals surface area contributed by atoms with Crippen LogP contribution in [0.3, 0.4) is 0 Å². The summed E-state index contributed by atoms with van der Waals surface area (Å²) in [6.45, 7) is 4.92. The summed E-state index contributed by atoms with van der Waals surface area (Å²) < 4.78 is 0. The SMILES string of the molecule is CC(C)CC(CNC(=O)c1cnc(Cl)c(Cl)c1)N(C)C. The smallest absolute Gasteiger partial charge is 0.252 e. The van der Waals surface area contributed by atoms with Crippen LogP contribution >= 0.6 is 23.2 Å². The van der Waals surface area contributed by atoms with E-state index >= 15 is 0 Å². The first-order chi connectivity index (χ1) is 9.31. The van der Waals surface area contributed by atoms with Crippen molar-refractivity contribution in [3.63, 3.8) is 0 Å². The predicted molar refractivity (Wildman–Crippen MR) is 83.5 cm³/mol. The van der Waals surface area contributed by atoms with Crippen LogP contribution in [0.25, 0.3) is 0 Å². The minimum Gasteiger partial charge on any atom is -0.350 e. The fourth-order valence-corrected chi connectivity index (χ4v) is 2.15. The molecule has 0 aliphatic carbocycles. The number of hydrogen-bond acceptors (Lipinski definition) is 3. The van der Waals surface area contributed by atoms with Gasteiger partial charge < -0.3 is 10.2 Å². The molecule has 0 radical (unpaired) electrons. The first-order valence-corrected chi connectivity index (χ1v) is 7.32. The molecule has 0 bridgehead atoms. The summed E-state index contributed by atoms with van der Waals surface area (Å²) in [6.07, 6.45) is 2.45. The Balaban J connectivity index is 2.63. The topological polar surface area (TPSA) is 45.2 Å². The lowest BCUT2D eigenvalue weighted by Gasteiger charge is -2.26. The molecule has 0 aliphatic rings. The van der Waals surface area contributed by atoms with Crippen LogP contribution in [0.5, 0.6) is 0 Å². The average molecular weight is 318 g/mol. The Hall–Kier alpha value is -0.840. The molecule has 6 heteroatoms. The molecule has 1 aromatic heterocycles. The lowest BCUT2D eigenvalue weighted by Crippen LogP contribution is -2.41. The highest BCUT2D eigenvalue weighted by atomic mass is 35.5. The molecule has 0 fully saturated rings. The zero-order valence-electron chi connectivity index (χ0n) is 12.3. The number of nitrogens with one attached hydrogen (secondary N) is 1. The Kier molecular flexibility index (Phi) is 6.72. The molecule has 1 rings (SSSR count). The molecule has 1 aromatic rings. The van der Waals surface area contributed by atoms with E-state index < -0.39 is 0 Å². The summed E-state index contributed by atoms with van der Waals surface area (Å²) in [4.78, 5) is 18.0. The van der Waals surface area contributed by atoms with Gasteiger partial charge in [-0.1, -0.05) is 37.0 Å². The molecule has 0 aromatic carbocycles. The van der Waals surface area contributed by atoms with Gasteiger partial charge in [0.15, 0.2) is 0 Å². The largest absolute Gasteiger partial charge is 0.350 e. The van der Waals surface area contributed by atoms with Crippen molar-refractivity contribution in [2.75, 3.05) is 20.6 Å². The van der Waals surface area contributed by atoms with E-state index in [9.17, 15) is 4.79 Å². The molecule has 4 nitrogen and oxygen atoms in total. The molecule has 1 heterocycles. The van der Waals surface area contributed by atoms with Gasteiger partial charge in [0.25, 0.3) is 5.91 Å². The van der Waals surface area contributed by atoms with Gasteiger partial charge in [-0.2, -0.15) is 0 Å². The van der Waals surface area contributed by atoms with Crippen LogP contribution in [-0.4, -0.2) is 42.5 Å². The average Bonchev–Trinajstić information content (AvgIpc) is 2.36. The van der Waals surface area contributed by atoms with Crippen molar-refractivity contribution in [2.45, 2.75) is 26.3 Å². The van der Waals surface area contributed by atoms with Gasteiger partial charge in [0.05, 0.1) is 10.6 Å². The predicted octanol–water partition coefficient (Wildman–Crippen LogP) is 3.09. The van der Waals surface area contributed by atoms with Gasteiger partial charge in [0.1, 0.15) is 5.15 Å². The number of halogens is 2. The Bertz CT molecular complexity index is 464. The molecule has 1 unspecified atom stereocenters. The van der Waals surface area contributed by atoms with Gasteiger partial charge in [-0.05, 0) is 32.5 Å². The first kappa shape index (κ1) is 17.2. The van der Waals surface area contributed by atoms with Crippen LogP contribution in [0.1, 0.15) is 30.6 Å². The standard InChI is InChI=1S/C14H21Cl2N3O/c1-9(2)5-11(19(3)4)8-18-14(20)10-6-12(15)13(16)17-7-10/h6-7,9,11H,5,8H2,1-4H3,(H,18,20). The summed E-state index contributed by atoms with van der Waals surface area (Å²) in [5.41, 5.74) is 0.418. The van der Waals surface area contributed by atoms with Crippen molar-refractivity contribution < 1.29 is 4.79 Å². The van der Waals surface area contributed by atoms with E-state index in [2.05, 4.69) is 29.0 Å². The normalized spacial score (nSPS) is 12.8. The molecule has 0 saturated carbocycles. The van der Waals surface area contributed by atoms with Gasteiger partial charge in [0.2, 0.25) is 0 Å². The van der Waals surface area contributed by atoms with Crippen LogP contribution in [-0.2, 0) is 0 Å². The van der Waals surface area contributed by atoms with Crippen LogP contribution < -0.4 is 5.32 Å². The lowest BCUT2D eigenvalue weighted by molar-refractivity contribution is 0.0938. The number of aromatic nitrogens is 1.